The Hall–Kier alpha value is -3.85. The summed E-state index contributed by atoms with van der Waals surface area (Å²) in [6, 6.07) is 22.6. The van der Waals surface area contributed by atoms with Gasteiger partial charge in [0.05, 0.1) is 0 Å². The molecule has 0 aliphatic heterocycles. The minimum atomic E-state index is -0.290. The molecule has 2 aliphatic rings. The number of benzene rings is 3. The Morgan fingerprint density at radius 3 is 2.28 bits per heavy atom. The highest BCUT2D eigenvalue weighted by Crippen LogP contribution is 2.43. The second-order valence-electron chi connectivity index (χ2n) is 13.0. The minimum Gasteiger partial charge on any atom is -0.488 e. The van der Waals surface area contributed by atoms with Gasteiger partial charge in [-0.05, 0) is 125 Å². The van der Waals surface area contributed by atoms with Crippen molar-refractivity contribution >= 4 is 24.0 Å². The Morgan fingerprint density at radius 1 is 0.837 bits per heavy atom. The van der Waals surface area contributed by atoms with Gasteiger partial charge in [0.2, 0.25) is 0 Å². The molecule has 0 saturated heterocycles. The molecule has 2 saturated carbocycles. The molecule has 2 aliphatic carbocycles. The number of rotatable bonds is 10. The van der Waals surface area contributed by atoms with Gasteiger partial charge >= 0.3 is 0 Å². The molecule has 0 aromatic heterocycles. The van der Waals surface area contributed by atoms with Gasteiger partial charge in [0.15, 0.2) is 5.78 Å². The fourth-order valence-corrected chi connectivity index (χ4v) is 7.06. The summed E-state index contributed by atoms with van der Waals surface area (Å²) in [5.41, 5.74) is 4.87. The minimum absolute atomic E-state index is 0.104. The largest absolute Gasteiger partial charge is 0.488 e. The van der Waals surface area contributed by atoms with Crippen molar-refractivity contribution in [2.75, 3.05) is 0 Å². The third-order valence-electron chi connectivity index (χ3n) is 9.37. The zero-order valence-electron chi connectivity index (χ0n) is 26.1. The fourth-order valence-electron chi connectivity index (χ4n) is 7.06. The summed E-state index contributed by atoms with van der Waals surface area (Å²) in [6.07, 6.45) is 16.8. The summed E-state index contributed by atoms with van der Waals surface area (Å²) in [7, 11) is 0. The highest BCUT2D eigenvalue weighted by Gasteiger charge is 2.36. The van der Waals surface area contributed by atoms with Crippen molar-refractivity contribution in [2.24, 2.45) is 5.92 Å². The van der Waals surface area contributed by atoms with Crippen LogP contribution in [-0.2, 0) is 0 Å². The van der Waals surface area contributed by atoms with Crippen LogP contribution in [0, 0.1) is 5.92 Å². The maximum atomic E-state index is 12.4. The Kier molecular flexibility index (Phi) is 9.40. The van der Waals surface area contributed by atoms with E-state index in [1.807, 2.05) is 54.6 Å². The SMILES string of the molecule is C=Cc1ccc(OC2(C)CCCC(/C=C/c3ccc(C(C)=O)cc3C3CCCC(C)(Oc4ccccc4C=C)C3)C2)cc1. The first-order valence-corrected chi connectivity index (χ1v) is 15.8. The topological polar surface area (TPSA) is 35.5 Å². The molecule has 2 fully saturated rings. The summed E-state index contributed by atoms with van der Waals surface area (Å²) in [6.45, 7) is 14.0. The number of ketones is 1. The van der Waals surface area contributed by atoms with E-state index in [1.54, 1.807) is 6.92 Å². The maximum absolute atomic E-state index is 12.4. The summed E-state index contributed by atoms with van der Waals surface area (Å²) in [5.74, 6) is 2.65. The normalized spacial score (nSPS) is 25.7. The van der Waals surface area contributed by atoms with Gasteiger partial charge in [-0.15, -0.1) is 0 Å². The van der Waals surface area contributed by atoms with Crippen LogP contribution < -0.4 is 9.47 Å². The number of allylic oxidation sites excluding steroid dienone is 1. The third-order valence-corrected chi connectivity index (χ3v) is 9.37. The number of hydrogen-bond acceptors (Lipinski definition) is 3. The molecule has 5 rings (SSSR count). The zero-order chi connectivity index (χ0) is 30.5. The van der Waals surface area contributed by atoms with Crippen molar-refractivity contribution in [3.05, 3.63) is 114 Å². The number of ether oxygens (including phenoxy) is 2. The van der Waals surface area contributed by atoms with E-state index < -0.39 is 0 Å². The first-order chi connectivity index (χ1) is 20.7. The molecule has 0 bridgehead atoms. The van der Waals surface area contributed by atoms with E-state index in [0.717, 1.165) is 79.6 Å². The molecule has 0 heterocycles. The molecule has 224 valence electrons. The summed E-state index contributed by atoms with van der Waals surface area (Å²) >= 11 is 0. The molecular weight excluding hydrogens is 528 g/mol. The average Bonchev–Trinajstić information content (AvgIpc) is 3.00. The van der Waals surface area contributed by atoms with Gasteiger partial charge < -0.3 is 9.47 Å². The molecule has 0 spiro atoms. The summed E-state index contributed by atoms with van der Waals surface area (Å²) in [5, 5.41) is 0. The number of para-hydroxylation sites is 1. The van der Waals surface area contributed by atoms with Crippen LogP contribution in [0.15, 0.2) is 86.0 Å². The Labute approximate surface area is 258 Å². The van der Waals surface area contributed by atoms with E-state index in [2.05, 4.69) is 63.4 Å². The standard InChI is InChI=1S/C40H46O3/c1-6-30-17-22-36(23-18-30)42-39(4)24-10-12-31(27-39)16-19-33-20-21-34(29(3)41)26-37(33)35-14-11-25-40(5,28-35)43-38-15-9-8-13-32(38)7-2/h6-9,13,15-23,26,31,35H,1-2,10-12,14,24-25,27-28H2,3-5H3/b19-16+. The lowest BCUT2D eigenvalue weighted by atomic mass is 9.74. The van der Waals surface area contributed by atoms with Gasteiger partial charge in [0.25, 0.3) is 0 Å². The lowest BCUT2D eigenvalue weighted by Gasteiger charge is -2.39. The molecule has 0 amide bonds. The second kappa shape index (κ2) is 13.2. The van der Waals surface area contributed by atoms with Crippen LogP contribution in [0.5, 0.6) is 11.5 Å². The second-order valence-corrected chi connectivity index (χ2v) is 13.0. The van der Waals surface area contributed by atoms with Gasteiger partial charge in [-0.1, -0.05) is 79.9 Å². The van der Waals surface area contributed by atoms with Crippen LogP contribution >= 0.6 is 0 Å². The van der Waals surface area contributed by atoms with Gasteiger partial charge in [0, 0.05) is 11.1 Å². The number of carbonyl (C=O) groups excluding carboxylic acids is 1. The molecule has 3 aromatic rings. The molecule has 4 atom stereocenters. The van der Waals surface area contributed by atoms with Crippen molar-refractivity contribution in [1.82, 2.24) is 0 Å². The van der Waals surface area contributed by atoms with Gasteiger partial charge in [0.1, 0.15) is 22.7 Å². The van der Waals surface area contributed by atoms with E-state index in [4.69, 9.17) is 9.47 Å². The molecule has 3 aromatic carbocycles. The first kappa shape index (κ1) is 30.6. The molecule has 0 N–H and O–H groups in total. The van der Waals surface area contributed by atoms with Crippen LogP contribution in [0.25, 0.3) is 18.2 Å². The van der Waals surface area contributed by atoms with Crippen LogP contribution in [-0.4, -0.2) is 17.0 Å². The van der Waals surface area contributed by atoms with E-state index in [0.29, 0.717) is 11.8 Å². The van der Waals surface area contributed by atoms with Gasteiger partial charge in [-0.3, -0.25) is 4.79 Å². The van der Waals surface area contributed by atoms with Crippen molar-refractivity contribution in [2.45, 2.75) is 89.3 Å². The summed E-state index contributed by atoms with van der Waals surface area (Å²) in [4.78, 5) is 12.4. The van der Waals surface area contributed by atoms with E-state index in [9.17, 15) is 4.79 Å². The summed E-state index contributed by atoms with van der Waals surface area (Å²) < 4.78 is 13.2. The van der Waals surface area contributed by atoms with Crippen molar-refractivity contribution in [1.29, 1.82) is 0 Å². The van der Waals surface area contributed by atoms with Crippen LogP contribution in [0.1, 0.15) is 111 Å². The first-order valence-electron chi connectivity index (χ1n) is 15.8. The van der Waals surface area contributed by atoms with Crippen molar-refractivity contribution in [3.8, 4) is 11.5 Å². The molecule has 3 heteroatoms. The van der Waals surface area contributed by atoms with E-state index in [-0.39, 0.29) is 17.0 Å². The smallest absolute Gasteiger partial charge is 0.159 e. The van der Waals surface area contributed by atoms with Crippen molar-refractivity contribution < 1.29 is 14.3 Å². The molecule has 0 radical (unpaired) electrons. The lowest BCUT2D eigenvalue weighted by Crippen LogP contribution is -2.38. The zero-order valence-corrected chi connectivity index (χ0v) is 26.1. The highest BCUT2D eigenvalue weighted by atomic mass is 16.5. The quantitative estimate of drug-likeness (QED) is 0.226. The van der Waals surface area contributed by atoms with E-state index >= 15 is 0 Å². The van der Waals surface area contributed by atoms with Crippen LogP contribution in [0.4, 0.5) is 0 Å². The predicted molar refractivity (Wildman–Crippen MR) is 180 cm³/mol. The van der Waals surface area contributed by atoms with E-state index in [1.165, 1.54) is 11.1 Å². The lowest BCUT2D eigenvalue weighted by molar-refractivity contribution is 0.0347. The van der Waals surface area contributed by atoms with Gasteiger partial charge in [-0.25, -0.2) is 0 Å². The number of Topliss-reactive ketones (excluding diaryl/α,β-unsaturated/α-hetero) is 1. The Balaban J connectivity index is 1.35. The molecule has 4 unspecified atom stereocenters. The number of carbonyl (C=O) groups is 1. The van der Waals surface area contributed by atoms with Crippen LogP contribution in [0.3, 0.4) is 0 Å². The monoisotopic (exact) mass is 574 g/mol. The third kappa shape index (κ3) is 7.57. The average molecular weight is 575 g/mol. The van der Waals surface area contributed by atoms with Crippen molar-refractivity contribution in [3.63, 3.8) is 0 Å². The number of hydrogen-bond donors (Lipinski definition) is 0. The Morgan fingerprint density at radius 2 is 1.56 bits per heavy atom. The Bertz CT molecular complexity index is 1480. The fraction of sp³-hybridized carbons (Fsp3) is 0.375. The molecular formula is C40H46O3. The molecule has 43 heavy (non-hydrogen) atoms. The van der Waals surface area contributed by atoms with Gasteiger partial charge in [-0.2, -0.15) is 0 Å². The maximum Gasteiger partial charge on any atom is 0.159 e. The predicted octanol–water partition coefficient (Wildman–Crippen LogP) is 10.7. The molecule has 3 nitrogen and oxygen atoms in total. The van der Waals surface area contributed by atoms with Crippen LogP contribution in [0.2, 0.25) is 0 Å². The highest BCUT2D eigenvalue weighted by molar-refractivity contribution is 5.94.